The third-order valence-electron chi connectivity index (χ3n) is 16.4. The molecule has 4 nitrogen and oxygen atoms in total. The highest BCUT2D eigenvalue weighted by atomic mass is 15.0. The second kappa shape index (κ2) is 13.8. The van der Waals surface area contributed by atoms with Gasteiger partial charge in [0.1, 0.15) is 0 Å². The lowest BCUT2D eigenvalue weighted by Gasteiger charge is -2.30. The molecule has 12 aromatic rings. The van der Waals surface area contributed by atoms with E-state index in [9.17, 15) is 0 Å². The summed E-state index contributed by atoms with van der Waals surface area (Å²) in [4.78, 5) is 16.7. The molecule has 0 radical (unpaired) electrons. The van der Waals surface area contributed by atoms with Gasteiger partial charge in [-0.25, -0.2) is 15.0 Å². The predicted octanol–water partition coefficient (Wildman–Crippen LogP) is 16.3. The van der Waals surface area contributed by atoms with Gasteiger partial charge in [-0.15, -0.1) is 0 Å². The second-order valence-electron chi connectivity index (χ2n) is 20.2. The van der Waals surface area contributed by atoms with Gasteiger partial charge in [0.15, 0.2) is 17.5 Å². The van der Waals surface area contributed by atoms with Crippen LogP contribution in [0.3, 0.4) is 0 Å². The summed E-state index contributed by atoms with van der Waals surface area (Å²) in [5, 5.41) is 2.55. The lowest BCUT2D eigenvalue weighted by molar-refractivity contribution is 0.661. The van der Waals surface area contributed by atoms with Crippen molar-refractivity contribution >= 4 is 21.8 Å². The largest absolute Gasteiger partial charge is 0.308 e. The van der Waals surface area contributed by atoms with E-state index < -0.39 is 5.41 Å². The Balaban J connectivity index is 0.972. The van der Waals surface area contributed by atoms with Gasteiger partial charge < -0.3 is 4.57 Å². The van der Waals surface area contributed by atoms with Crippen LogP contribution in [0.2, 0.25) is 0 Å². The molecule has 1 spiro atoms. The zero-order chi connectivity index (χ0) is 46.7. The van der Waals surface area contributed by atoms with E-state index in [2.05, 4.69) is 237 Å². The Kier molecular flexibility index (Phi) is 7.58. The number of para-hydroxylation sites is 2. The average Bonchev–Trinajstić information content (AvgIpc) is 4.08. The maximum absolute atomic E-state index is 5.61. The molecule has 4 aliphatic rings. The first-order valence-electron chi connectivity index (χ1n) is 24.7. The van der Waals surface area contributed by atoms with Crippen LogP contribution < -0.4 is 0 Å². The minimum absolute atomic E-state index is 0.299. The van der Waals surface area contributed by atoms with Gasteiger partial charge in [0.2, 0.25) is 0 Å². The first-order chi connectivity index (χ1) is 35.0. The molecule has 2 aromatic heterocycles. The van der Waals surface area contributed by atoms with Crippen LogP contribution in [-0.2, 0) is 10.8 Å². The first kappa shape index (κ1) is 38.9. The van der Waals surface area contributed by atoms with Gasteiger partial charge in [-0.1, -0.05) is 202 Å². The second-order valence-corrected chi connectivity index (χ2v) is 20.2. The summed E-state index contributed by atoms with van der Waals surface area (Å²) in [6, 6.07) is 80.3. The summed E-state index contributed by atoms with van der Waals surface area (Å²) in [5.41, 5.74) is 25.8. The van der Waals surface area contributed by atoms with Gasteiger partial charge >= 0.3 is 0 Å². The smallest absolute Gasteiger partial charge is 0.164 e. The summed E-state index contributed by atoms with van der Waals surface area (Å²) >= 11 is 0. The summed E-state index contributed by atoms with van der Waals surface area (Å²) in [5.74, 6) is 1.92. The SMILES string of the molecule is CC1(C)c2cc(-c3nc(-c4ccc5c(c4)C4(c6ccccc6-c6ccccc64)c4ccccc4-5)nc(-c4ccccc4-c4ccccc4)n3)cc3c2-c2c1ccc1c4ccccc4n(c21)-c1ccccc1-3. The molecule has 3 aliphatic carbocycles. The van der Waals surface area contributed by atoms with Crippen molar-refractivity contribution in [2.45, 2.75) is 24.7 Å². The van der Waals surface area contributed by atoms with E-state index >= 15 is 0 Å². The first-order valence-corrected chi connectivity index (χ1v) is 24.7. The number of fused-ring (bicyclic) bond motifs is 16. The van der Waals surface area contributed by atoms with Crippen LogP contribution in [0.1, 0.15) is 47.2 Å². The highest BCUT2D eigenvalue weighted by molar-refractivity contribution is 6.19. The van der Waals surface area contributed by atoms with E-state index in [-0.39, 0.29) is 5.41 Å². The lowest BCUT2D eigenvalue weighted by atomic mass is 9.70. The quantitative estimate of drug-likeness (QED) is 0.177. The van der Waals surface area contributed by atoms with Crippen LogP contribution in [-0.4, -0.2) is 19.5 Å². The Bertz CT molecular complexity index is 4260. The fraction of sp³-hybridized carbons (Fsp3) is 0.0597. The number of hydrogen-bond donors (Lipinski definition) is 0. The van der Waals surface area contributed by atoms with Crippen molar-refractivity contribution in [3.05, 3.63) is 252 Å². The topological polar surface area (TPSA) is 43.6 Å². The number of benzene rings is 10. The zero-order valence-electron chi connectivity index (χ0n) is 39.1. The fourth-order valence-corrected chi connectivity index (χ4v) is 13.4. The number of aromatic nitrogens is 4. The highest BCUT2D eigenvalue weighted by Gasteiger charge is 2.51. The van der Waals surface area contributed by atoms with Crippen molar-refractivity contribution in [2.75, 3.05) is 0 Å². The lowest BCUT2D eigenvalue weighted by Crippen LogP contribution is -2.25. The molecule has 0 atom stereocenters. The molecule has 0 saturated carbocycles. The maximum Gasteiger partial charge on any atom is 0.164 e. The summed E-state index contributed by atoms with van der Waals surface area (Å²) in [7, 11) is 0. The fourth-order valence-electron chi connectivity index (χ4n) is 13.4. The zero-order valence-corrected chi connectivity index (χ0v) is 39.1. The van der Waals surface area contributed by atoms with Crippen molar-refractivity contribution in [1.29, 1.82) is 0 Å². The molecule has 10 aromatic carbocycles. The van der Waals surface area contributed by atoms with E-state index in [1.165, 1.54) is 105 Å². The highest BCUT2D eigenvalue weighted by Crippen LogP contribution is 2.63. The Labute approximate surface area is 411 Å². The molecule has 0 bridgehead atoms. The van der Waals surface area contributed by atoms with Crippen molar-refractivity contribution in [2.24, 2.45) is 0 Å². The van der Waals surface area contributed by atoms with Crippen molar-refractivity contribution in [1.82, 2.24) is 19.5 Å². The van der Waals surface area contributed by atoms with Crippen molar-refractivity contribution in [3.63, 3.8) is 0 Å². The van der Waals surface area contributed by atoms with Crippen molar-refractivity contribution in [3.8, 4) is 95.5 Å². The van der Waals surface area contributed by atoms with Gasteiger partial charge in [-0.3, -0.25) is 0 Å². The summed E-state index contributed by atoms with van der Waals surface area (Å²) in [6.45, 7) is 4.77. The van der Waals surface area contributed by atoms with Gasteiger partial charge in [0.25, 0.3) is 0 Å². The van der Waals surface area contributed by atoms with Crippen LogP contribution in [0.25, 0.3) is 117 Å². The maximum atomic E-state index is 5.61. The molecule has 16 rings (SSSR count). The molecule has 0 unspecified atom stereocenters. The van der Waals surface area contributed by atoms with E-state index in [1.54, 1.807) is 0 Å². The molecule has 3 heterocycles. The Hall–Kier alpha value is -8.99. The minimum atomic E-state index is -0.501. The third-order valence-corrected chi connectivity index (χ3v) is 16.4. The van der Waals surface area contributed by atoms with Crippen LogP contribution in [0.4, 0.5) is 0 Å². The van der Waals surface area contributed by atoms with Crippen molar-refractivity contribution < 1.29 is 0 Å². The molecule has 0 amide bonds. The number of hydrogen-bond acceptors (Lipinski definition) is 3. The molecular weight excluding hydrogens is 861 g/mol. The van der Waals surface area contributed by atoms with Crippen LogP contribution in [0, 0.1) is 0 Å². The number of rotatable bonds is 4. The molecule has 0 N–H and O–H groups in total. The standard InChI is InChI=1S/C67H42N4/c1-66(2)55-35-34-49-47-24-11-16-30-58(47)71-59-31-17-12-25-48(59)51-36-41(38-57(66)60(51)61(55)62(49)71)64-68-63(69-65(70-64)50-26-7-6-20-42(50)39-18-4-3-5-19-39)40-32-33-46-45-23-10-15-29-54(45)67(56(46)37-40)52-27-13-8-21-43(52)44-22-9-14-28-53(44)67/h3-38H,1-2H3. The minimum Gasteiger partial charge on any atom is -0.308 e. The third kappa shape index (κ3) is 4.96. The number of nitrogens with zero attached hydrogens (tertiary/aromatic N) is 4. The van der Waals surface area contributed by atoms with Gasteiger partial charge in [0.05, 0.1) is 22.1 Å². The molecular formula is C67H42N4. The predicted molar refractivity (Wildman–Crippen MR) is 289 cm³/mol. The molecule has 0 saturated heterocycles. The normalized spacial score (nSPS) is 14.3. The molecule has 330 valence electrons. The van der Waals surface area contributed by atoms with Crippen LogP contribution in [0.15, 0.2) is 218 Å². The van der Waals surface area contributed by atoms with Crippen LogP contribution in [0.5, 0.6) is 0 Å². The summed E-state index contributed by atoms with van der Waals surface area (Å²) in [6.07, 6.45) is 0. The molecule has 4 heteroatoms. The monoisotopic (exact) mass is 902 g/mol. The Morgan fingerprint density at radius 3 is 1.59 bits per heavy atom. The molecule has 71 heavy (non-hydrogen) atoms. The molecule has 1 aliphatic heterocycles. The van der Waals surface area contributed by atoms with Gasteiger partial charge in [0, 0.05) is 44.0 Å². The average molecular weight is 903 g/mol. The summed E-state index contributed by atoms with van der Waals surface area (Å²) < 4.78 is 2.52. The van der Waals surface area contributed by atoms with E-state index in [0.717, 1.165) is 27.8 Å². The van der Waals surface area contributed by atoms with E-state index in [0.29, 0.717) is 17.5 Å². The van der Waals surface area contributed by atoms with Gasteiger partial charge in [-0.05, 0) is 108 Å². The van der Waals surface area contributed by atoms with Crippen LogP contribution >= 0.6 is 0 Å². The van der Waals surface area contributed by atoms with Gasteiger partial charge in [-0.2, -0.15) is 0 Å². The van der Waals surface area contributed by atoms with E-state index in [1.807, 2.05) is 0 Å². The Morgan fingerprint density at radius 2 is 0.873 bits per heavy atom. The molecule has 0 fully saturated rings. The Morgan fingerprint density at radius 1 is 0.324 bits per heavy atom. The van der Waals surface area contributed by atoms with E-state index in [4.69, 9.17) is 15.0 Å².